The van der Waals surface area contributed by atoms with Crippen LogP contribution in [-0.4, -0.2) is 12.3 Å². The molecular formula is C9H15O3. The molecule has 69 valence electrons. The van der Waals surface area contributed by atoms with E-state index in [1.807, 2.05) is 0 Å². The molecule has 0 aromatic rings. The summed E-state index contributed by atoms with van der Waals surface area (Å²) in [5.74, 6) is 0. The van der Waals surface area contributed by atoms with Crippen molar-refractivity contribution in [3.63, 3.8) is 0 Å². The van der Waals surface area contributed by atoms with Crippen molar-refractivity contribution in [3.05, 3.63) is 7.11 Å². The molecule has 0 aromatic heterocycles. The molecule has 0 unspecified atom stereocenters. The summed E-state index contributed by atoms with van der Waals surface area (Å²) in [6.07, 6.45) is 6.14. The quantitative estimate of drug-likeness (QED) is 0.449. The van der Waals surface area contributed by atoms with Crippen molar-refractivity contribution in [1.29, 1.82) is 0 Å². The van der Waals surface area contributed by atoms with E-state index >= 15 is 0 Å². The Morgan fingerprint density at radius 1 is 1.17 bits per heavy atom. The number of hydrogen-bond donors (Lipinski definition) is 0. The lowest BCUT2D eigenvalue weighted by molar-refractivity contribution is 0.0393. The van der Waals surface area contributed by atoms with Crippen LogP contribution in [0.15, 0.2) is 0 Å². The summed E-state index contributed by atoms with van der Waals surface area (Å²) in [5, 5.41) is 0. The maximum absolute atomic E-state index is 10.7. The van der Waals surface area contributed by atoms with Crippen LogP contribution in [0.3, 0.4) is 0 Å². The molecule has 0 spiro atoms. The van der Waals surface area contributed by atoms with Gasteiger partial charge in [-0.2, -0.15) is 0 Å². The molecule has 1 rings (SSSR count). The second-order valence-corrected chi connectivity index (χ2v) is 3.13. The lowest BCUT2D eigenvalue weighted by Gasteiger charge is -2.13. The highest BCUT2D eigenvalue weighted by molar-refractivity contribution is 5.60. The van der Waals surface area contributed by atoms with Crippen molar-refractivity contribution in [1.82, 2.24) is 0 Å². The SMILES string of the molecule is [CH2]OC(=O)OC1CCCCCC1. The van der Waals surface area contributed by atoms with E-state index < -0.39 is 6.16 Å². The largest absolute Gasteiger partial charge is 0.508 e. The van der Waals surface area contributed by atoms with Crippen molar-refractivity contribution in [3.8, 4) is 0 Å². The van der Waals surface area contributed by atoms with Crippen LogP contribution in [0.1, 0.15) is 38.5 Å². The third kappa shape index (κ3) is 3.11. The summed E-state index contributed by atoms with van der Waals surface area (Å²) in [7, 11) is 3.00. The summed E-state index contributed by atoms with van der Waals surface area (Å²) in [6.45, 7) is 0. The van der Waals surface area contributed by atoms with Crippen LogP contribution in [-0.2, 0) is 9.47 Å². The van der Waals surface area contributed by atoms with Gasteiger partial charge in [0.15, 0.2) is 0 Å². The molecule has 0 atom stereocenters. The maximum atomic E-state index is 10.7. The van der Waals surface area contributed by atoms with Crippen molar-refractivity contribution in [2.75, 3.05) is 0 Å². The Bertz CT molecular complexity index is 137. The Hall–Kier alpha value is -0.730. The third-order valence-electron chi connectivity index (χ3n) is 2.18. The predicted molar refractivity (Wildman–Crippen MR) is 44.4 cm³/mol. The molecule has 3 heteroatoms. The summed E-state index contributed by atoms with van der Waals surface area (Å²) in [4.78, 5) is 10.7. The van der Waals surface area contributed by atoms with E-state index in [2.05, 4.69) is 11.8 Å². The molecule has 1 aliphatic carbocycles. The van der Waals surface area contributed by atoms with Crippen LogP contribution in [0.5, 0.6) is 0 Å². The number of hydrogen-bond acceptors (Lipinski definition) is 3. The zero-order chi connectivity index (χ0) is 8.81. The van der Waals surface area contributed by atoms with Crippen LogP contribution in [0, 0.1) is 7.11 Å². The zero-order valence-electron chi connectivity index (χ0n) is 7.25. The molecule has 1 saturated carbocycles. The highest BCUT2D eigenvalue weighted by Gasteiger charge is 2.16. The van der Waals surface area contributed by atoms with Gasteiger partial charge in [-0.05, 0) is 25.7 Å². The molecule has 3 nitrogen and oxygen atoms in total. The third-order valence-corrected chi connectivity index (χ3v) is 2.18. The first-order valence-corrected chi connectivity index (χ1v) is 4.45. The molecule has 0 aromatic carbocycles. The number of ether oxygens (including phenoxy) is 2. The topological polar surface area (TPSA) is 35.5 Å². The van der Waals surface area contributed by atoms with Crippen LogP contribution in [0.25, 0.3) is 0 Å². The molecule has 0 N–H and O–H groups in total. The monoisotopic (exact) mass is 171 g/mol. The van der Waals surface area contributed by atoms with E-state index in [0.29, 0.717) is 0 Å². The van der Waals surface area contributed by atoms with E-state index in [9.17, 15) is 4.79 Å². The Labute approximate surface area is 73.0 Å². The molecule has 0 bridgehead atoms. The molecule has 1 radical (unpaired) electrons. The molecule has 0 heterocycles. The molecular weight excluding hydrogens is 156 g/mol. The number of rotatable bonds is 1. The fraction of sp³-hybridized carbons (Fsp3) is 0.778. The Morgan fingerprint density at radius 3 is 2.25 bits per heavy atom. The minimum Gasteiger partial charge on any atom is -0.431 e. The highest BCUT2D eigenvalue weighted by atomic mass is 16.7. The number of carbonyl (C=O) groups is 1. The lowest BCUT2D eigenvalue weighted by atomic mass is 10.2. The van der Waals surface area contributed by atoms with Gasteiger partial charge in [0.2, 0.25) is 0 Å². The van der Waals surface area contributed by atoms with E-state index in [0.717, 1.165) is 25.7 Å². The predicted octanol–water partition coefficient (Wildman–Crippen LogP) is 2.65. The minimum absolute atomic E-state index is 0.0572. The maximum Gasteiger partial charge on any atom is 0.508 e. The molecule has 0 amide bonds. The van der Waals surface area contributed by atoms with Crippen molar-refractivity contribution in [2.24, 2.45) is 0 Å². The van der Waals surface area contributed by atoms with Gasteiger partial charge in [0.25, 0.3) is 0 Å². The Balaban J connectivity index is 2.24. The summed E-state index contributed by atoms with van der Waals surface area (Å²) < 4.78 is 9.18. The van der Waals surface area contributed by atoms with E-state index in [4.69, 9.17) is 4.74 Å². The van der Waals surface area contributed by atoms with Crippen molar-refractivity contribution >= 4 is 6.16 Å². The van der Waals surface area contributed by atoms with Gasteiger partial charge in [0.1, 0.15) is 13.2 Å². The van der Waals surface area contributed by atoms with Gasteiger partial charge in [-0.1, -0.05) is 12.8 Å². The first-order chi connectivity index (χ1) is 5.83. The first kappa shape index (κ1) is 9.36. The van der Waals surface area contributed by atoms with Crippen molar-refractivity contribution < 1.29 is 14.3 Å². The Morgan fingerprint density at radius 2 is 1.75 bits per heavy atom. The smallest absolute Gasteiger partial charge is 0.431 e. The second-order valence-electron chi connectivity index (χ2n) is 3.13. The molecule has 12 heavy (non-hydrogen) atoms. The summed E-state index contributed by atoms with van der Waals surface area (Å²) in [5.41, 5.74) is 0. The van der Waals surface area contributed by atoms with Gasteiger partial charge in [-0.3, -0.25) is 0 Å². The van der Waals surface area contributed by atoms with Crippen LogP contribution in [0.4, 0.5) is 4.79 Å². The zero-order valence-corrected chi connectivity index (χ0v) is 7.25. The normalized spacial score (nSPS) is 19.8. The van der Waals surface area contributed by atoms with Gasteiger partial charge in [-0.15, -0.1) is 0 Å². The standard InChI is InChI=1S/C9H15O3/c1-11-9(10)12-8-6-4-2-3-5-7-8/h8H,1-7H2. The van der Waals surface area contributed by atoms with Crippen LogP contribution < -0.4 is 0 Å². The second kappa shape index (κ2) is 5.01. The average Bonchev–Trinajstić information content (AvgIpc) is 2.33. The molecule has 1 aliphatic rings. The van der Waals surface area contributed by atoms with E-state index in [-0.39, 0.29) is 6.10 Å². The average molecular weight is 171 g/mol. The van der Waals surface area contributed by atoms with Crippen LogP contribution >= 0.6 is 0 Å². The Kier molecular flexibility index (Phi) is 3.91. The summed E-state index contributed by atoms with van der Waals surface area (Å²) in [6, 6.07) is 0. The first-order valence-electron chi connectivity index (χ1n) is 4.45. The fourth-order valence-electron chi connectivity index (χ4n) is 1.53. The van der Waals surface area contributed by atoms with Crippen LogP contribution in [0.2, 0.25) is 0 Å². The number of carbonyl (C=O) groups excluding carboxylic acids is 1. The molecule has 0 saturated heterocycles. The van der Waals surface area contributed by atoms with Gasteiger partial charge < -0.3 is 9.47 Å². The highest BCUT2D eigenvalue weighted by Crippen LogP contribution is 2.19. The van der Waals surface area contributed by atoms with E-state index in [1.165, 1.54) is 12.8 Å². The fourth-order valence-corrected chi connectivity index (χ4v) is 1.53. The molecule has 1 fully saturated rings. The molecule has 0 aliphatic heterocycles. The minimum atomic E-state index is -0.651. The summed E-state index contributed by atoms with van der Waals surface area (Å²) >= 11 is 0. The van der Waals surface area contributed by atoms with Gasteiger partial charge in [0, 0.05) is 0 Å². The van der Waals surface area contributed by atoms with E-state index in [1.54, 1.807) is 0 Å². The van der Waals surface area contributed by atoms with Gasteiger partial charge >= 0.3 is 6.16 Å². The van der Waals surface area contributed by atoms with Gasteiger partial charge in [0.05, 0.1) is 0 Å². The lowest BCUT2D eigenvalue weighted by Crippen LogP contribution is -2.16. The van der Waals surface area contributed by atoms with Crippen molar-refractivity contribution in [2.45, 2.75) is 44.6 Å². The van der Waals surface area contributed by atoms with Gasteiger partial charge in [-0.25, -0.2) is 4.79 Å².